The van der Waals surface area contributed by atoms with E-state index in [1.165, 1.54) is 24.2 Å². The Morgan fingerprint density at radius 3 is 2.45 bits per heavy atom. The monoisotopic (exact) mass is 664 g/mol. The van der Waals surface area contributed by atoms with Crippen molar-refractivity contribution in [1.29, 1.82) is 0 Å². The second-order valence-electron chi connectivity index (χ2n) is 11.0. The van der Waals surface area contributed by atoms with Gasteiger partial charge in [-0.2, -0.15) is 0 Å². The lowest BCUT2D eigenvalue weighted by Crippen LogP contribution is -2.56. The van der Waals surface area contributed by atoms with Gasteiger partial charge in [0.1, 0.15) is 35.5 Å². The quantitative estimate of drug-likeness (QED) is 0.231. The summed E-state index contributed by atoms with van der Waals surface area (Å²) in [6, 6.07) is 1.95. The van der Waals surface area contributed by atoms with Gasteiger partial charge < -0.3 is 24.8 Å². The van der Waals surface area contributed by atoms with Crippen LogP contribution in [0.1, 0.15) is 48.2 Å². The molecule has 3 heterocycles. The maximum atomic E-state index is 14.2. The van der Waals surface area contributed by atoms with Crippen LogP contribution in [0.5, 0.6) is 0 Å². The third kappa shape index (κ3) is 6.32. The summed E-state index contributed by atoms with van der Waals surface area (Å²) in [5.74, 6) is -7.44. The Morgan fingerprint density at radius 2 is 1.84 bits per heavy atom. The van der Waals surface area contributed by atoms with Crippen LogP contribution in [0, 0.1) is 24.4 Å². The molecule has 2 aliphatic rings. The minimum Gasteiger partial charge on any atom is -0.394 e. The number of methoxy groups -OCH3 is 1. The zero-order valence-electron chi connectivity index (χ0n) is 23.5. The van der Waals surface area contributed by atoms with Crippen molar-refractivity contribution in [1.82, 2.24) is 20.0 Å². The number of pyridine rings is 1. The first-order chi connectivity index (χ1) is 20.8. The molecule has 9 nitrogen and oxygen atoms in total. The van der Waals surface area contributed by atoms with Gasteiger partial charge in [0, 0.05) is 36.7 Å². The Balaban J connectivity index is 1.52. The molecule has 16 heteroatoms. The average Bonchev–Trinajstić information content (AvgIpc) is 3.48. The number of alkyl halides is 2. The van der Waals surface area contributed by atoms with Gasteiger partial charge in [-0.15, -0.1) is 16.9 Å². The van der Waals surface area contributed by atoms with Crippen LogP contribution < -0.4 is 0 Å². The molecule has 44 heavy (non-hydrogen) atoms. The minimum atomic E-state index is -2.94. The van der Waals surface area contributed by atoms with Crippen molar-refractivity contribution < 1.29 is 46.7 Å². The summed E-state index contributed by atoms with van der Waals surface area (Å²) in [6.45, 7) is 1.05. The Morgan fingerprint density at radius 1 is 1.18 bits per heavy atom. The molecule has 1 aliphatic heterocycles. The molecule has 240 valence electrons. The van der Waals surface area contributed by atoms with E-state index in [2.05, 4.69) is 15.3 Å². The van der Waals surface area contributed by atoms with Gasteiger partial charge in [-0.3, -0.25) is 4.98 Å². The molecule has 1 saturated carbocycles. The fourth-order valence-corrected chi connectivity index (χ4v) is 7.57. The molecule has 1 saturated heterocycles. The summed E-state index contributed by atoms with van der Waals surface area (Å²) in [7, 11) is 1.33. The predicted molar refractivity (Wildman–Crippen MR) is 150 cm³/mol. The van der Waals surface area contributed by atoms with E-state index in [0.717, 1.165) is 23.9 Å². The highest BCUT2D eigenvalue weighted by atomic mass is 35.5. The predicted octanol–water partition coefficient (Wildman–Crippen LogP) is 4.77. The number of benzene rings is 1. The van der Waals surface area contributed by atoms with Crippen LogP contribution >= 0.6 is 23.4 Å². The molecule has 0 radical (unpaired) electrons. The molecule has 0 amide bonds. The molecule has 0 unspecified atom stereocenters. The highest BCUT2D eigenvalue weighted by molar-refractivity contribution is 8.00. The molecule has 6 atom stereocenters. The molecule has 1 aromatic carbocycles. The Hall–Kier alpha value is -2.40. The number of ether oxygens (including phenoxy) is 2. The second-order valence-corrected chi connectivity index (χ2v) is 12.6. The lowest BCUT2D eigenvalue weighted by atomic mass is 9.79. The third-order valence-corrected chi connectivity index (χ3v) is 10.2. The van der Waals surface area contributed by atoms with Crippen LogP contribution in [0.15, 0.2) is 30.6 Å². The molecular formula is C28H30ClF5N4O5S. The van der Waals surface area contributed by atoms with Crippen LogP contribution in [-0.4, -0.2) is 84.3 Å². The Bertz CT molecular complexity index is 1470. The van der Waals surface area contributed by atoms with Gasteiger partial charge in [0.25, 0.3) is 0 Å². The summed E-state index contributed by atoms with van der Waals surface area (Å²) in [6.07, 6.45) is -2.57. The third-order valence-electron chi connectivity index (χ3n) is 8.22. The summed E-state index contributed by atoms with van der Waals surface area (Å²) in [5, 5.41) is 40.5. The number of aromatic nitrogens is 4. The summed E-state index contributed by atoms with van der Waals surface area (Å²) in [5.41, 5.74) is -2.00. The van der Waals surface area contributed by atoms with Gasteiger partial charge in [0.05, 0.1) is 29.3 Å². The number of aliphatic hydroxyl groups is 3. The smallest absolute Gasteiger partial charge is 0.248 e. The van der Waals surface area contributed by atoms with E-state index in [4.69, 9.17) is 21.1 Å². The van der Waals surface area contributed by atoms with Crippen molar-refractivity contribution in [2.45, 2.75) is 79.2 Å². The van der Waals surface area contributed by atoms with E-state index in [9.17, 15) is 37.3 Å². The van der Waals surface area contributed by atoms with Crippen LogP contribution in [0.4, 0.5) is 22.0 Å². The largest absolute Gasteiger partial charge is 0.394 e. The fraction of sp³-hybridized carbons (Fsp3) is 0.536. The van der Waals surface area contributed by atoms with Crippen LogP contribution in [0.25, 0.3) is 11.3 Å². The zero-order valence-corrected chi connectivity index (χ0v) is 25.1. The van der Waals surface area contributed by atoms with Crippen molar-refractivity contribution in [2.24, 2.45) is 0 Å². The number of halogens is 6. The number of hydrogen-bond donors (Lipinski definition) is 3. The maximum absolute atomic E-state index is 14.2. The van der Waals surface area contributed by atoms with Crippen molar-refractivity contribution in [3.63, 3.8) is 0 Å². The van der Waals surface area contributed by atoms with Crippen LogP contribution in [0.2, 0.25) is 5.02 Å². The highest BCUT2D eigenvalue weighted by Crippen LogP contribution is 2.53. The van der Waals surface area contributed by atoms with E-state index >= 15 is 0 Å². The molecule has 5 rings (SSSR count). The maximum Gasteiger partial charge on any atom is 0.248 e. The molecule has 3 N–H and O–H groups in total. The number of nitrogens with zero attached hydrogens (tertiary/aromatic N) is 4. The lowest BCUT2D eigenvalue weighted by Gasteiger charge is -2.47. The average molecular weight is 665 g/mol. The van der Waals surface area contributed by atoms with Crippen molar-refractivity contribution in [3.05, 3.63) is 64.3 Å². The van der Waals surface area contributed by atoms with E-state index in [1.54, 1.807) is 13.0 Å². The summed E-state index contributed by atoms with van der Waals surface area (Å²) >= 11 is 7.40. The minimum absolute atomic E-state index is 0.0461. The molecule has 2 aromatic heterocycles. The Labute approximate surface area is 258 Å². The Kier molecular flexibility index (Phi) is 9.57. The number of hydrogen-bond acceptors (Lipinski definition) is 9. The van der Waals surface area contributed by atoms with Crippen molar-refractivity contribution >= 4 is 23.4 Å². The highest BCUT2D eigenvalue weighted by Gasteiger charge is 2.53. The van der Waals surface area contributed by atoms with Gasteiger partial charge in [-0.1, -0.05) is 16.8 Å². The summed E-state index contributed by atoms with van der Waals surface area (Å²) in [4.78, 5) is 4.44. The SMILES string of the molecule is CO[C@@H]1[C@@H](n2cc(-c3cc(F)c(F)c(F)c3)nn2)[C@@H](O)[C@@H](CO)O[C@H]1S[C@H](c1nccc(Cl)c1C)C1(O)CCC(F)(F)CC1. The molecule has 3 aromatic rings. The number of aliphatic hydroxyl groups excluding tert-OH is 2. The first-order valence-electron chi connectivity index (χ1n) is 13.7. The fourth-order valence-electron chi connectivity index (χ4n) is 5.66. The van der Waals surface area contributed by atoms with E-state index < -0.39 is 83.5 Å². The van der Waals surface area contributed by atoms with Gasteiger partial charge in [-0.25, -0.2) is 26.6 Å². The second kappa shape index (κ2) is 12.8. The van der Waals surface area contributed by atoms with Crippen LogP contribution in [0.3, 0.4) is 0 Å². The summed E-state index contributed by atoms with van der Waals surface area (Å²) < 4.78 is 82.7. The van der Waals surface area contributed by atoms with Gasteiger partial charge in [-0.05, 0) is 43.5 Å². The van der Waals surface area contributed by atoms with E-state index in [-0.39, 0.29) is 24.1 Å². The van der Waals surface area contributed by atoms with E-state index in [0.29, 0.717) is 16.3 Å². The van der Waals surface area contributed by atoms with Gasteiger partial charge >= 0.3 is 0 Å². The van der Waals surface area contributed by atoms with Gasteiger partial charge in [0.15, 0.2) is 17.5 Å². The van der Waals surface area contributed by atoms with Crippen molar-refractivity contribution in [3.8, 4) is 11.3 Å². The van der Waals surface area contributed by atoms with E-state index in [1.807, 2.05) is 0 Å². The standard InChI is InChI=1S/C28H30ClF5N4O5S/c1-13-15(29)3-8-35-21(13)25(27(41)4-6-28(33,34)7-5-27)44-26-24(42-2)22(23(40)19(12-39)43-26)38-11-18(36-37-38)14-9-16(30)20(32)17(31)10-14/h3,8-11,19,22-26,39-41H,4-7,12H2,1-2H3/t19-,22+,23+,24-,25-,26+/m1/s1. The molecule has 0 spiro atoms. The van der Waals surface area contributed by atoms with Gasteiger partial charge in [0.2, 0.25) is 5.92 Å². The topological polar surface area (TPSA) is 123 Å². The zero-order chi connectivity index (χ0) is 32.0. The molecule has 1 aliphatic carbocycles. The molecule has 0 bridgehead atoms. The molecular weight excluding hydrogens is 635 g/mol. The number of thioether (sulfide) groups is 1. The lowest BCUT2D eigenvalue weighted by molar-refractivity contribution is -0.186. The van der Waals surface area contributed by atoms with Crippen molar-refractivity contribution in [2.75, 3.05) is 13.7 Å². The normalized spacial score (nSPS) is 27.3. The number of rotatable bonds is 8. The first kappa shape index (κ1) is 33.0. The molecule has 2 fully saturated rings. The first-order valence-corrected chi connectivity index (χ1v) is 15.0. The van der Waals surface area contributed by atoms with Crippen LogP contribution in [-0.2, 0) is 9.47 Å².